The number of rotatable bonds is 2. The van der Waals surface area contributed by atoms with Crippen LogP contribution in [0.3, 0.4) is 0 Å². The Bertz CT molecular complexity index is 517. The zero-order valence-corrected chi connectivity index (χ0v) is 11.5. The van der Waals surface area contributed by atoms with Crippen molar-refractivity contribution in [3.63, 3.8) is 0 Å². The lowest BCUT2D eigenvalue weighted by Crippen LogP contribution is -2.25. The van der Waals surface area contributed by atoms with Gasteiger partial charge in [0, 0.05) is 12.0 Å². The molecule has 3 rings (SSSR count). The number of aliphatic hydroxyl groups is 1. The minimum absolute atomic E-state index is 0.185. The summed E-state index contributed by atoms with van der Waals surface area (Å²) in [6, 6.07) is 6.01. The summed E-state index contributed by atoms with van der Waals surface area (Å²) < 4.78 is 11.3. The average Bonchev–Trinajstić information content (AvgIpc) is 2.72. The van der Waals surface area contributed by atoms with Crippen molar-refractivity contribution in [2.75, 3.05) is 6.61 Å². The van der Waals surface area contributed by atoms with Crippen molar-refractivity contribution < 1.29 is 14.6 Å². The molecule has 2 heterocycles. The minimum Gasteiger partial charge on any atom is -0.501 e. The molecule has 0 spiro atoms. The fourth-order valence-corrected chi connectivity index (χ4v) is 2.84. The van der Waals surface area contributed by atoms with Crippen molar-refractivity contribution in [3.8, 4) is 5.75 Å². The maximum Gasteiger partial charge on any atom is 0.129 e. The summed E-state index contributed by atoms with van der Waals surface area (Å²) in [5, 5.41) is 10.6. The second-order valence-corrected chi connectivity index (χ2v) is 5.94. The summed E-state index contributed by atoms with van der Waals surface area (Å²) in [6.45, 7) is 4.89. The van der Waals surface area contributed by atoms with Gasteiger partial charge in [0.25, 0.3) is 0 Å². The SMILES string of the molecule is CC1(C)Cc2cccc(C(O)C3=COCCC3)c2O1. The Hall–Kier alpha value is -1.48. The molecule has 0 bridgehead atoms. The molecule has 1 N–H and O–H groups in total. The monoisotopic (exact) mass is 260 g/mol. The van der Waals surface area contributed by atoms with Crippen LogP contribution in [-0.4, -0.2) is 17.3 Å². The van der Waals surface area contributed by atoms with Crippen molar-refractivity contribution in [1.82, 2.24) is 0 Å². The van der Waals surface area contributed by atoms with E-state index >= 15 is 0 Å². The van der Waals surface area contributed by atoms with Gasteiger partial charge in [-0.2, -0.15) is 0 Å². The first-order valence-corrected chi connectivity index (χ1v) is 6.86. The van der Waals surface area contributed by atoms with E-state index in [-0.39, 0.29) is 5.60 Å². The van der Waals surface area contributed by atoms with Gasteiger partial charge in [0.1, 0.15) is 17.5 Å². The van der Waals surface area contributed by atoms with Crippen LogP contribution in [0.5, 0.6) is 5.75 Å². The fourth-order valence-electron chi connectivity index (χ4n) is 2.84. The molecule has 0 saturated heterocycles. The predicted octanol–water partition coefficient (Wildman–Crippen LogP) is 3.13. The van der Waals surface area contributed by atoms with Crippen LogP contribution >= 0.6 is 0 Å². The standard InChI is InChI=1S/C16H20O3/c1-16(2)9-11-5-3-7-13(15(11)19-16)14(17)12-6-4-8-18-10-12/h3,5,7,10,14,17H,4,6,8-9H2,1-2H3. The zero-order chi connectivity index (χ0) is 13.5. The summed E-state index contributed by atoms with van der Waals surface area (Å²) in [5.74, 6) is 0.853. The van der Waals surface area contributed by atoms with E-state index < -0.39 is 6.10 Å². The second kappa shape index (κ2) is 4.57. The van der Waals surface area contributed by atoms with E-state index in [0.29, 0.717) is 0 Å². The van der Waals surface area contributed by atoms with Crippen molar-refractivity contribution in [3.05, 3.63) is 41.2 Å². The topological polar surface area (TPSA) is 38.7 Å². The lowest BCUT2D eigenvalue weighted by atomic mass is 9.94. The second-order valence-electron chi connectivity index (χ2n) is 5.94. The van der Waals surface area contributed by atoms with E-state index in [1.807, 2.05) is 12.1 Å². The Balaban J connectivity index is 1.94. The number of fused-ring (bicyclic) bond motifs is 1. The van der Waals surface area contributed by atoms with E-state index in [2.05, 4.69) is 19.9 Å². The van der Waals surface area contributed by atoms with Crippen LogP contribution < -0.4 is 4.74 Å². The van der Waals surface area contributed by atoms with Gasteiger partial charge in [-0.15, -0.1) is 0 Å². The van der Waals surface area contributed by atoms with Crippen molar-refractivity contribution in [2.45, 2.75) is 44.8 Å². The highest BCUT2D eigenvalue weighted by Gasteiger charge is 2.33. The Morgan fingerprint density at radius 1 is 1.32 bits per heavy atom. The van der Waals surface area contributed by atoms with Gasteiger partial charge in [-0.05, 0) is 37.8 Å². The number of aliphatic hydroxyl groups excluding tert-OH is 1. The molecular formula is C16H20O3. The fraction of sp³-hybridized carbons (Fsp3) is 0.500. The molecule has 3 heteroatoms. The molecular weight excluding hydrogens is 240 g/mol. The van der Waals surface area contributed by atoms with E-state index in [9.17, 15) is 5.11 Å². The highest BCUT2D eigenvalue weighted by atomic mass is 16.5. The normalized spacial score (nSPS) is 21.9. The van der Waals surface area contributed by atoms with Gasteiger partial charge in [0.05, 0.1) is 12.9 Å². The largest absolute Gasteiger partial charge is 0.501 e. The van der Waals surface area contributed by atoms with E-state index in [0.717, 1.165) is 42.8 Å². The number of ether oxygens (including phenoxy) is 2. The first-order chi connectivity index (χ1) is 9.07. The predicted molar refractivity (Wildman–Crippen MR) is 73.1 cm³/mol. The van der Waals surface area contributed by atoms with Crippen LogP contribution in [0.4, 0.5) is 0 Å². The minimum atomic E-state index is -0.621. The molecule has 0 aliphatic carbocycles. The van der Waals surface area contributed by atoms with Crippen LogP contribution in [0.25, 0.3) is 0 Å². The summed E-state index contributed by atoms with van der Waals surface area (Å²) in [4.78, 5) is 0. The quantitative estimate of drug-likeness (QED) is 0.888. The van der Waals surface area contributed by atoms with Gasteiger partial charge in [-0.3, -0.25) is 0 Å². The summed E-state index contributed by atoms with van der Waals surface area (Å²) in [6.07, 6.45) is 3.81. The summed E-state index contributed by atoms with van der Waals surface area (Å²) >= 11 is 0. The van der Waals surface area contributed by atoms with Crippen molar-refractivity contribution >= 4 is 0 Å². The highest BCUT2D eigenvalue weighted by molar-refractivity contribution is 5.48. The maximum absolute atomic E-state index is 10.6. The third kappa shape index (κ3) is 2.35. The lowest BCUT2D eigenvalue weighted by molar-refractivity contribution is 0.128. The van der Waals surface area contributed by atoms with Gasteiger partial charge >= 0.3 is 0 Å². The number of hydrogen-bond acceptors (Lipinski definition) is 3. The average molecular weight is 260 g/mol. The number of hydrogen-bond donors (Lipinski definition) is 1. The summed E-state index contributed by atoms with van der Waals surface area (Å²) in [7, 11) is 0. The Kier molecular flexibility index (Phi) is 3.02. The van der Waals surface area contributed by atoms with Crippen LogP contribution in [0.15, 0.2) is 30.0 Å². The highest BCUT2D eigenvalue weighted by Crippen LogP contribution is 2.42. The smallest absolute Gasteiger partial charge is 0.129 e. The van der Waals surface area contributed by atoms with Crippen LogP contribution in [0, 0.1) is 0 Å². The molecule has 2 aliphatic rings. The zero-order valence-electron chi connectivity index (χ0n) is 11.5. The number of benzene rings is 1. The molecule has 0 amide bonds. The van der Waals surface area contributed by atoms with E-state index in [1.165, 1.54) is 5.56 Å². The molecule has 1 unspecified atom stereocenters. The molecule has 19 heavy (non-hydrogen) atoms. The van der Waals surface area contributed by atoms with Gasteiger partial charge in [-0.1, -0.05) is 18.2 Å². The first kappa shape index (κ1) is 12.5. The van der Waals surface area contributed by atoms with Crippen LogP contribution in [-0.2, 0) is 11.2 Å². The Morgan fingerprint density at radius 3 is 2.89 bits per heavy atom. The Labute approximate surface area is 113 Å². The summed E-state index contributed by atoms with van der Waals surface area (Å²) in [5.41, 5.74) is 2.79. The van der Waals surface area contributed by atoms with Gasteiger partial charge in [0.15, 0.2) is 0 Å². The molecule has 1 atom stereocenters. The van der Waals surface area contributed by atoms with E-state index in [1.54, 1.807) is 6.26 Å². The molecule has 0 fully saturated rings. The number of para-hydroxylation sites is 1. The molecule has 1 aromatic carbocycles. The Morgan fingerprint density at radius 2 is 2.16 bits per heavy atom. The van der Waals surface area contributed by atoms with Crippen LogP contribution in [0.1, 0.15) is 43.9 Å². The third-order valence-corrected chi connectivity index (χ3v) is 3.73. The molecule has 3 nitrogen and oxygen atoms in total. The third-order valence-electron chi connectivity index (χ3n) is 3.73. The van der Waals surface area contributed by atoms with E-state index in [4.69, 9.17) is 9.47 Å². The molecule has 1 aromatic rings. The van der Waals surface area contributed by atoms with Gasteiger partial charge < -0.3 is 14.6 Å². The van der Waals surface area contributed by atoms with Crippen molar-refractivity contribution in [1.29, 1.82) is 0 Å². The maximum atomic E-state index is 10.6. The van der Waals surface area contributed by atoms with Crippen molar-refractivity contribution in [2.24, 2.45) is 0 Å². The van der Waals surface area contributed by atoms with Crippen LogP contribution in [0.2, 0.25) is 0 Å². The lowest BCUT2D eigenvalue weighted by Gasteiger charge is -2.22. The van der Waals surface area contributed by atoms with Gasteiger partial charge in [-0.25, -0.2) is 0 Å². The first-order valence-electron chi connectivity index (χ1n) is 6.86. The molecule has 102 valence electrons. The molecule has 0 radical (unpaired) electrons. The molecule has 2 aliphatic heterocycles. The molecule has 0 aromatic heterocycles. The molecule has 0 saturated carbocycles. The van der Waals surface area contributed by atoms with Gasteiger partial charge in [0.2, 0.25) is 0 Å².